The zero-order valence-corrected chi connectivity index (χ0v) is 12.1. The van der Waals surface area contributed by atoms with Gasteiger partial charge in [-0.15, -0.1) is 0 Å². The van der Waals surface area contributed by atoms with E-state index in [1.54, 1.807) is 24.3 Å². The Bertz CT molecular complexity index is 572. The van der Waals surface area contributed by atoms with Crippen molar-refractivity contribution in [1.82, 2.24) is 0 Å². The number of hydrogen-bond acceptors (Lipinski definition) is 1. The van der Waals surface area contributed by atoms with E-state index in [4.69, 9.17) is 16.3 Å². The maximum absolute atomic E-state index is 13.6. The van der Waals surface area contributed by atoms with Gasteiger partial charge in [0.25, 0.3) is 0 Å². The minimum Gasteiger partial charge on any atom is -0.457 e. The molecule has 0 saturated heterocycles. The van der Waals surface area contributed by atoms with Crippen molar-refractivity contribution in [2.24, 2.45) is 0 Å². The Morgan fingerprint density at radius 3 is 2.72 bits per heavy atom. The van der Waals surface area contributed by atoms with Crippen LogP contribution in [0.1, 0.15) is 11.1 Å². The molecule has 0 aromatic heterocycles. The normalized spacial score (nSPS) is 10.4. The van der Waals surface area contributed by atoms with Crippen LogP contribution in [0.25, 0.3) is 0 Å². The minimum absolute atomic E-state index is 0.282. The van der Waals surface area contributed by atoms with Gasteiger partial charge in [-0.2, -0.15) is 0 Å². The van der Waals surface area contributed by atoms with Crippen molar-refractivity contribution in [3.8, 4) is 11.5 Å². The topological polar surface area (TPSA) is 9.23 Å². The lowest BCUT2D eigenvalue weighted by Crippen LogP contribution is -1.93. The van der Waals surface area contributed by atoms with Crippen LogP contribution in [0, 0.1) is 12.7 Å². The van der Waals surface area contributed by atoms with E-state index in [1.165, 1.54) is 6.07 Å². The first-order chi connectivity index (χ1) is 8.61. The molecule has 0 fully saturated rings. The molecule has 2 aromatic rings. The fourth-order valence-electron chi connectivity index (χ4n) is 1.57. The Kier molecular flexibility index (Phi) is 4.25. The van der Waals surface area contributed by atoms with E-state index in [9.17, 15) is 4.39 Å². The molecule has 94 valence electrons. The molecular weight excluding hydrogens is 319 g/mol. The van der Waals surface area contributed by atoms with Crippen LogP contribution in [0.15, 0.2) is 36.4 Å². The van der Waals surface area contributed by atoms with Crippen molar-refractivity contribution >= 4 is 27.5 Å². The smallest absolute Gasteiger partial charge is 0.134 e. The fourth-order valence-corrected chi connectivity index (χ4v) is 2.23. The van der Waals surface area contributed by atoms with Gasteiger partial charge in [-0.1, -0.05) is 33.6 Å². The molecule has 0 aliphatic carbocycles. The molecule has 2 aromatic carbocycles. The second-order valence-corrected chi connectivity index (χ2v) is 4.83. The van der Waals surface area contributed by atoms with Gasteiger partial charge in [-0.05, 0) is 42.8 Å². The highest BCUT2D eigenvalue weighted by Crippen LogP contribution is 2.30. The summed E-state index contributed by atoms with van der Waals surface area (Å²) >= 11 is 9.20. The molecule has 0 heterocycles. The standard InChI is InChI=1S/C14H11BrClFO/c1-9-7-10(5-6-12(9)16)18-14-4-2-3-13(17)11(14)8-15/h2-7H,8H2,1H3. The first-order valence-electron chi connectivity index (χ1n) is 5.39. The SMILES string of the molecule is Cc1cc(Oc2cccc(F)c2CBr)ccc1Cl. The molecule has 0 aliphatic rings. The number of benzene rings is 2. The van der Waals surface area contributed by atoms with Crippen LogP contribution in [-0.2, 0) is 5.33 Å². The summed E-state index contributed by atoms with van der Waals surface area (Å²) in [4.78, 5) is 0. The van der Waals surface area contributed by atoms with E-state index in [-0.39, 0.29) is 5.82 Å². The van der Waals surface area contributed by atoms with E-state index >= 15 is 0 Å². The molecule has 0 unspecified atom stereocenters. The van der Waals surface area contributed by atoms with Crippen LogP contribution >= 0.6 is 27.5 Å². The predicted molar refractivity (Wildman–Crippen MR) is 75.3 cm³/mol. The van der Waals surface area contributed by atoms with Crippen LogP contribution in [0.4, 0.5) is 4.39 Å². The summed E-state index contributed by atoms with van der Waals surface area (Å²) < 4.78 is 19.3. The first-order valence-corrected chi connectivity index (χ1v) is 6.89. The summed E-state index contributed by atoms with van der Waals surface area (Å²) in [6, 6.07) is 10.1. The number of halogens is 3. The highest BCUT2D eigenvalue weighted by Gasteiger charge is 2.09. The number of ether oxygens (including phenoxy) is 1. The number of alkyl halides is 1. The number of aryl methyl sites for hydroxylation is 1. The average molecular weight is 330 g/mol. The van der Waals surface area contributed by atoms with Crippen molar-refractivity contribution in [2.45, 2.75) is 12.3 Å². The monoisotopic (exact) mass is 328 g/mol. The minimum atomic E-state index is -0.282. The molecule has 18 heavy (non-hydrogen) atoms. The molecule has 0 aliphatic heterocycles. The maximum Gasteiger partial charge on any atom is 0.134 e. The van der Waals surface area contributed by atoms with Crippen LogP contribution in [-0.4, -0.2) is 0 Å². The van der Waals surface area contributed by atoms with E-state index in [0.717, 1.165) is 5.56 Å². The Morgan fingerprint density at radius 1 is 1.28 bits per heavy atom. The molecular formula is C14H11BrClFO. The van der Waals surface area contributed by atoms with Crippen LogP contribution in [0.5, 0.6) is 11.5 Å². The summed E-state index contributed by atoms with van der Waals surface area (Å²) in [7, 11) is 0. The Balaban J connectivity index is 2.34. The lowest BCUT2D eigenvalue weighted by molar-refractivity contribution is 0.470. The summed E-state index contributed by atoms with van der Waals surface area (Å²) in [6.45, 7) is 1.90. The quantitative estimate of drug-likeness (QED) is 0.678. The molecule has 0 radical (unpaired) electrons. The highest BCUT2D eigenvalue weighted by molar-refractivity contribution is 9.08. The molecule has 2 rings (SSSR count). The second kappa shape index (κ2) is 5.72. The van der Waals surface area contributed by atoms with Gasteiger partial charge in [0.1, 0.15) is 17.3 Å². The van der Waals surface area contributed by atoms with Gasteiger partial charge >= 0.3 is 0 Å². The molecule has 0 saturated carbocycles. The molecule has 1 nitrogen and oxygen atoms in total. The molecule has 0 amide bonds. The lowest BCUT2D eigenvalue weighted by atomic mass is 10.2. The zero-order valence-electron chi connectivity index (χ0n) is 9.71. The Morgan fingerprint density at radius 2 is 2.06 bits per heavy atom. The lowest BCUT2D eigenvalue weighted by Gasteiger charge is -2.11. The third kappa shape index (κ3) is 2.85. The third-order valence-corrected chi connectivity index (χ3v) is 3.55. The van der Waals surface area contributed by atoms with Gasteiger partial charge in [0.2, 0.25) is 0 Å². The molecule has 4 heteroatoms. The first kappa shape index (κ1) is 13.4. The fraction of sp³-hybridized carbons (Fsp3) is 0.143. The van der Waals surface area contributed by atoms with Crippen molar-refractivity contribution in [3.63, 3.8) is 0 Å². The number of hydrogen-bond donors (Lipinski definition) is 0. The van der Waals surface area contributed by atoms with Gasteiger partial charge in [0.05, 0.1) is 0 Å². The van der Waals surface area contributed by atoms with E-state index in [0.29, 0.717) is 27.4 Å². The van der Waals surface area contributed by atoms with E-state index in [2.05, 4.69) is 15.9 Å². The zero-order chi connectivity index (χ0) is 13.1. The van der Waals surface area contributed by atoms with Gasteiger partial charge in [-0.3, -0.25) is 0 Å². The molecule has 0 spiro atoms. The van der Waals surface area contributed by atoms with Gasteiger partial charge in [-0.25, -0.2) is 4.39 Å². The van der Waals surface area contributed by atoms with Crippen molar-refractivity contribution in [1.29, 1.82) is 0 Å². The van der Waals surface area contributed by atoms with Gasteiger partial charge in [0.15, 0.2) is 0 Å². The Labute approximate surface area is 119 Å². The average Bonchev–Trinajstić information content (AvgIpc) is 2.34. The van der Waals surface area contributed by atoms with Gasteiger partial charge in [0, 0.05) is 15.9 Å². The van der Waals surface area contributed by atoms with E-state index in [1.807, 2.05) is 13.0 Å². The summed E-state index contributed by atoms with van der Waals surface area (Å²) in [5.74, 6) is 0.869. The highest BCUT2D eigenvalue weighted by atomic mass is 79.9. The maximum atomic E-state index is 13.6. The van der Waals surface area contributed by atoms with Crippen molar-refractivity contribution in [2.75, 3.05) is 0 Å². The predicted octanol–water partition coefficient (Wildman–Crippen LogP) is 5.47. The summed E-state index contributed by atoms with van der Waals surface area (Å²) in [5.41, 5.74) is 1.43. The Hall–Kier alpha value is -1.06. The van der Waals surface area contributed by atoms with E-state index < -0.39 is 0 Å². The van der Waals surface area contributed by atoms with Gasteiger partial charge < -0.3 is 4.74 Å². The van der Waals surface area contributed by atoms with Crippen molar-refractivity contribution in [3.05, 3.63) is 58.4 Å². The molecule has 0 bridgehead atoms. The largest absolute Gasteiger partial charge is 0.457 e. The number of rotatable bonds is 3. The van der Waals surface area contributed by atoms with Crippen LogP contribution < -0.4 is 4.74 Å². The third-order valence-electron chi connectivity index (χ3n) is 2.57. The van der Waals surface area contributed by atoms with Crippen LogP contribution in [0.3, 0.4) is 0 Å². The molecule has 0 N–H and O–H groups in total. The summed E-state index contributed by atoms with van der Waals surface area (Å²) in [5, 5.41) is 1.09. The van der Waals surface area contributed by atoms with Crippen LogP contribution in [0.2, 0.25) is 5.02 Å². The summed E-state index contributed by atoms with van der Waals surface area (Å²) in [6.07, 6.45) is 0. The van der Waals surface area contributed by atoms with Crippen molar-refractivity contribution < 1.29 is 9.13 Å². The molecule has 0 atom stereocenters. The second-order valence-electron chi connectivity index (χ2n) is 3.86.